The molecule has 122 valence electrons. The highest BCUT2D eigenvalue weighted by molar-refractivity contribution is 6.30. The Morgan fingerprint density at radius 2 is 2.09 bits per heavy atom. The highest BCUT2D eigenvalue weighted by Gasteiger charge is 2.19. The van der Waals surface area contributed by atoms with E-state index in [1.165, 1.54) is 6.07 Å². The predicted octanol–water partition coefficient (Wildman–Crippen LogP) is 1.34. The monoisotopic (exact) mass is 337 g/mol. The highest BCUT2D eigenvalue weighted by atomic mass is 35.5. The minimum Gasteiger partial charge on any atom is -0.438 e. The number of aromatic nitrogens is 2. The molecule has 1 amide bonds. The molecule has 1 unspecified atom stereocenters. The zero-order valence-electron chi connectivity index (χ0n) is 12.2. The smallest absolute Gasteiger partial charge is 0.405 e. The number of carbonyl (C=O) groups excluding carboxylic acids is 1. The first-order chi connectivity index (χ1) is 11.0. The number of ether oxygens (including phenoxy) is 1. The van der Waals surface area contributed by atoms with Crippen LogP contribution in [0, 0.1) is 0 Å². The van der Waals surface area contributed by atoms with E-state index in [2.05, 4.69) is 9.97 Å². The number of nitrogens with zero attached hydrogens (tertiary/aromatic N) is 1. The number of hydrogen-bond donors (Lipinski definition) is 3. The van der Waals surface area contributed by atoms with E-state index in [4.69, 9.17) is 27.2 Å². The summed E-state index contributed by atoms with van der Waals surface area (Å²) >= 11 is 5.84. The number of hydrogen-bond acceptors (Lipinski definition) is 5. The molecule has 1 aromatic heterocycles. The van der Waals surface area contributed by atoms with Gasteiger partial charge in [-0.25, -0.2) is 9.78 Å². The van der Waals surface area contributed by atoms with Crippen molar-refractivity contribution >= 4 is 17.7 Å². The first-order valence-corrected chi connectivity index (χ1v) is 7.27. The first kappa shape index (κ1) is 17.0. The Hall–Kier alpha value is -2.38. The van der Waals surface area contributed by atoms with Crippen molar-refractivity contribution < 1.29 is 14.6 Å². The van der Waals surface area contributed by atoms with Crippen molar-refractivity contribution in [2.45, 2.75) is 18.9 Å². The topological polar surface area (TPSA) is 118 Å². The Balaban J connectivity index is 2.32. The quantitative estimate of drug-likeness (QED) is 0.735. The van der Waals surface area contributed by atoms with Crippen LogP contribution in [0.25, 0.3) is 0 Å². The van der Waals surface area contributed by atoms with E-state index in [-0.39, 0.29) is 25.3 Å². The van der Waals surface area contributed by atoms with Gasteiger partial charge in [0.1, 0.15) is 0 Å². The summed E-state index contributed by atoms with van der Waals surface area (Å²) in [4.78, 5) is 29.6. The van der Waals surface area contributed by atoms with Crippen molar-refractivity contribution in [2.75, 3.05) is 6.61 Å². The maximum atomic E-state index is 11.7. The van der Waals surface area contributed by atoms with Crippen LogP contribution in [0.5, 0.6) is 0 Å². The number of amides is 1. The van der Waals surface area contributed by atoms with Crippen LogP contribution in [0.2, 0.25) is 5.02 Å². The summed E-state index contributed by atoms with van der Waals surface area (Å²) in [6.07, 6.45) is -1.33. The van der Waals surface area contributed by atoms with Gasteiger partial charge in [0, 0.05) is 30.5 Å². The second kappa shape index (κ2) is 7.75. The molecule has 0 aliphatic rings. The number of nitrogens with two attached hydrogens (primary N) is 1. The molecule has 4 N–H and O–H groups in total. The number of rotatable bonds is 6. The largest absolute Gasteiger partial charge is 0.438 e. The number of halogens is 1. The Labute approximate surface area is 137 Å². The summed E-state index contributed by atoms with van der Waals surface area (Å²) in [5, 5.41) is 9.56. The molecule has 2 rings (SSSR count). The van der Waals surface area contributed by atoms with Crippen LogP contribution in [-0.4, -0.2) is 27.8 Å². The summed E-state index contributed by atoms with van der Waals surface area (Å²) in [6, 6.07) is 8.24. The van der Waals surface area contributed by atoms with Crippen molar-refractivity contribution in [1.82, 2.24) is 9.97 Å². The molecular weight excluding hydrogens is 322 g/mol. The predicted molar refractivity (Wildman–Crippen MR) is 84.2 cm³/mol. The van der Waals surface area contributed by atoms with Gasteiger partial charge in [-0.2, -0.15) is 0 Å². The fourth-order valence-electron chi connectivity index (χ4n) is 2.09. The van der Waals surface area contributed by atoms with Gasteiger partial charge in [0.15, 0.2) is 11.9 Å². The zero-order valence-corrected chi connectivity index (χ0v) is 12.9. The fraction of sp³-hybridized carbons (Fsp3) is 0.267. The van der Waals surface area contributed by atoms with Gasteiger partial charge in [0.05, 0.1) is 5.69 Å². The summed E-state index contributed by atoms with van der Waals surface area (Å²) in [5.74, 6) is 0.176. The molecule has 1 heterocycles. The van der Waals surface area contributed by atoms with E-state index in [1.807, 2.05) is 0 Å². The van der Waals surface area contributed by atoms with Crippen LogP contribution in [0.4, 0.5) is 4.79 Å². The van der Waals surface area contributed by atoms with E-state index >= 15 is 0 Å². The number of aliphatic hydroxyl groups excluding tert-OH is 1. The molecule has 0 aliphatic heterocycles. The Kier molecular flexibility index (Phi) is 5.72. The SMILES string of the molecule is NC(=O)OC(Cc1ccc(Cl)cc1)c1nc(CCO)cc(=O)[nH]1. The van der Waals surface area contributed by atoms with Crippen LogP contribution < -0.4 is 11.3 Å². The molecule has 0 radical (unpaired) electrons. The first-order valence-electron chi connectivity index (χ1n) is 6.89. The lowest BCUT2D eigenvalue weighted by atomic mass is 10.1. The van der Waals surface area contributed by atoms with Crippen LogP contribution >= 0.6 is 11.6 Å². The molecule has 1 atom stereocenters. The standard InChI is InChI=1S/C15H16ClN3O4/c16-10-3-1-9(2-4-10)7-12(23-15(17)22)14-18-11(5-6-20)8-13(21)19-14/h1-4,8,12,20H,5-7H2,(H2,17,22)(H,18,19,21). The zero-order chi connectivity index (χ0) is 16.8. The molecule has 0 saturated heterocycles. The number of carbonyl (C=O) groups is 1. The fourth-order valence-corrected chi connectivity index (χ4v) is 2.22. The molecule has 0 spiro atoms. The average molecular weight is 338 g/mol. The van der Waals surface area contributed by atoms with Crippen molar-refractivity contribution in [2.24, 2.45) is 5.73 Å². The molecule has 0 aliphatic carbocycles. The van der Waals surface area contributed by atoms with Gasteiger partial charge in [-0.15, -0.1) is 0 Å². The van der Waals surface area contributed by atoms with Gasteiger partial charge >= 0.3 is 6.09 Å². The van der Waals surface area contributed by atoms with Gasteiger partial charge in [-0.3, -0.25) is 4.79 Å². The molecule has 8 heteroatoms. The molecule has 23 heavy (non-hydrogen) atoms. The summed E-state index contributed by atoms with van der Waals surface area (Å²) < 4.78 is 5.07. The molecule has 1 aromatic carbocycles. The summed E-state index contributed by atoms with van der Waals surface area (Å²) in [7, 11) is 0. The van der Waals surface area contributed by atoms with Crippen molar-refractivity contribution in [1.29, 1.82) is 0 Å². The molecule has 0 bridgehead atoms. The highest BCUT2D eigenvalue weighted by Crippen LogP contribution is 2.20. The Morgan fingerprint density at radius 1 is 1.39 bits per heavy atom. The second-order valence-corrected chi connectivity index (χ2v) is 5.29. The summed E-state index contributed by atoms with van der Waals surface area (Å²) in [6.45, 7) is -0.144. The maximum Gasteiger partial charge on any atom is 0.405 e. The third-order valence-electron chi connectivity index (χ3n) is 3.08. The Morgan fingerprint density at radius 3 is 2.70 bits per heavy atom. The van der Waals surface area contributed by atoms with Crippen LogP contribution in [-0.2, 0) is 17.6 Å². The number of primary amides is 1. The number of nitrogens with one attached hydrogen (secondary N) is 1. The lowest BCUT2D eigenvalue weighted by Crippen LogP contribution is -2.24. The van der Waals surface area contributed by atoms with Gasteiger partial charge < -0.3 is 20.6 Å². The van der Waals surface area contributed by atoms with E-state index in [1.54, 1.807) is 24.3 Å². The average Bonchev–Trinajstić information content (AvgIpc) is 2.48. The summed E-state index contributed by atoms with van der Waals surface area (Å²) in [5.41, 5.74) is 5.94. The van der Waals surface area contributed by atoms with Crippen LogP contribution in [0.15, 0.2) is 35.1 Å². The molecular formula is C15H16ClN3O4. The molecule has 0 saturated carbocycles. The van der Waals surface area contributed by atoms with Gasteiger partial charge in [-0.1, -0.05) is 23.7 Å². The van der Waals surface area contributed by atoms with E-state index in [9.17, 15) is 9.59 Å². The Bertz CT molecular complexity index is 730. The number of aromatic amines is 1. The maximum absolute atomic E-state index is 11.7. The van der Waals surface area contributed by atoms with Gasteiger partial charge in [0.2, 0.25) is 0 Å². The molecule has 0 fully saturated rings. The van der Waals surface area contributed by atoms with Crippen LogP contribution in [0.1, 0.15) is 23.2 Å². The van der Waals surface area contributed by atoms with Crippen molar-refractivity contribution in [3.8, 4) is 0 Å². The minimum absolute atomic E-state index is 0.144. The number of benzene rings is 1. The third-order valence-corrected chi connectivity index (χ3v) is 3.33. The lowest BCUT2D eigenvalue weighted by molar-refractivity contribution is 0.101. The van der Waals surface area contributed by atoms with Crippen molar-refractivity contribution in [3.63, 3.8) is 0 Å². The van der Waals surface area contributed by atoms with E-state index in [0.717, 1.165) is 5.56 Å². The van der Waals surface area contributed by atoms with E-state index in [0.29, 0.717) is 10.7 Å². The molecule has 7 nitrogen and oxygen atoms in total. The van der Waals surface area contributed by atoms with Gasteiger partial charge in [0.25, 0.3) is 5.56 Å². The van der Waals surface area contributed by atoms with Crippen LogP contribution in [0.3, 0.4) is 0 Å². The number of aliphatic hydroxyl groups is 1. The van der Waals surface area contributed by atoms with Gasteiger partial charge in [-0.05, 0) is 17.7 Å². The third kappa shape index (κ3) is 5.08. The normalized spacial score (nSPS) is 11.9. The number of H-pyrrole nitrogens is 1. The lowest BCUT2D eigenvalue weighted by Gasteiger charge is -2.16. The second-order valence-electron chi connectivity index (χ2n) is 4.85. The minimum atomic E-state index is -0.973. The molecule has 2 aromatic rings. The van der Waals surface area contributed by atoms with Crippen molar-refractivity contribution in [3.05, 3.63) is 62.8 Å². The van der Waals surface area contributed by atoms with E-state index < -0.39 is 17.8 Å².